The number of hydrogen-bond acceptors (Lipinski definition) is 12. The summed E-state index contributed by atoms with van der Waals surface area (Å²) >= 11 is 0. The number of aliphatic hydroxyl groups excluding tert-OH is 8. The maximum atomic E-state index is 11.0. The van der Waals surface area contributed by atoms with E-state index in [0.717, 1.165) is 0 Å². The lowest BCUT2D eigenvalue weighted by molar-refractivity contribution is -0.534. The fourth-order valence-electron chi connectivity index (χ4n) is 4.55. The molecule has 2 saturated heterocycles. The number of hydrogen-bond donors (Lipinski definition) is 11. The Morgan fingerprint density at radius 1 is 0.606 bits per heavy atom. The maximum Gasteiger partial charge on any atom is 0.214 e. The third-order valence-electron chi connectivity index (χ3n) is 6.65. The monoisotopic (exact) mass is 488 g/mol. The molecule has 0 aromatic carbocycles. The molecule has 0 aromatic heterocycles. The highest BCUT2D eigenvalue weighted by Crippen LogP contribution is 2.30. The summed E-state index contributed by atoms with van der Waals surface area (Å²) in [5, 5.41) is 80.2. The molecule has 0 aromatic rings. The van der Waals surface area contributed by atoms with E-state index in [1.165, 1.54) is 0 Å². The first kappa shape index (κ1) is 27.0. The van der Waals surface area contributed by atoms with E-state index in [0.29, 0.717) is 6.42 Å². The molecule has 1 saturated carbocycles. The molecule has 15 heteroatoms. The summed E-state index contributed by atoms with van der Waals surface area (Å²) in [5.74, 6) is 0. The van der Waals surface area contributed by atoms with Crippen LogP contribution in [0.2, 0.25) is 0 Å². The van der Waals surface area contributed by atoms with Gasteiger partial charge >= 0.3 is 0 Å². The summed E-state index contributed by atoms with van der Waals surface area (Å²) in [6.07, 6.45) is -15.7. The molecule has 0 unspecified atom stereocenters. The Morgan fingerprint density at radius 3 is 1.58 bits per heavy atom. The predicted molar refractivity (Wildman–Crippen MR) is 102 cm³/mol. The molecule has 194 valence electrons. The predicted octanol–water partition coefficient (Wildman–Crippen LogP) is -9.41. The molecule has 3 fully saturated rings. The Morgan fingerprint density at radius 2 is 1.06 bits per heavy atom. The minimum Gasteiger partial charge on any atom is -0.394 e. The second-order valence-corrected chi connectivity index (χ2v) is 9.02. The molecule has 3 rings (SSSR count). The summed E-state index contributed by atoms with van der Waals surface area (Å²) in [4.78, 5) is 0. The van der Waals surface area contributed by atoms with Gasteiger partial charge in [-0.15, -0.1) is 0 Å². The van der Waals surface area contributed by atoms with Crippen LogP contribution in [0.3, 0.4) is 0 Å². The molecule has 0 radical (unpaired) electrons. The van der Waals surface area contributed by atoms with Crippen LogP contribution in [0.4, 0.5) is 0 Å². The van der Waals surface area contributed by atoms with Gasteiger partial charge in [0.1, 0.15) is 73.1 Å². The largest absolute Gasteiger partial charge is 0.394 e. The van der Waals surface area contributed by atoms with Crippen molar-refractivity contribution >= 4 is 0 Å². The quantitative estimate of drug-likeness (QED) is 0.166. The Balaban J connectivity index is 1.72. The zero-order chi connectivity index (χ0) is 24.6. The minimum atomic E-state index is -1.66. The lowest BCUT2D eigenvalue weighted by atomic mass is 9.84. The van der Waals surface area contributed by atoms with Crippen molar-refractivity contribution in [2.24, 2.45) is 0 Å². The van der Waals surface area contributed by atoms with Crippen LogP contribution in [0.1, 0.15) is 6.42 Å². The molecular weight excluding hydrogens is 450 g/mol. The zero-order valence-electron chi connectivity index (χ0n) is 18.1. The van der Waals surface area contributed by atoms with Crippen LogP contribution in [-0.2, 0) is 18.9 Å². The summed E-state index contributed by atoms with van der Waals surface area (Å²) in [5.41, 5.74) is 11.7. The number of aliphatic hydroxyl groups is 8. The molecule has 0 bridgehead atoms. The number of rotatable bonds is 6. The van der Waals surface area contributed by atoms with Crippen molar-refractivity contribution in [3.63, 3.8) is 0 Å². The summed E-state index contributed by atoms with van der Waals surface area (Å²) in [6.45, 7) is -1.21. The first-order valence-electron chi connectivity index (χ1n) is 10.9. The highest BCUT2D eigenvalue weighted by atomic mass is 16.7. The Labute approximate surface area is 189 Å². The first-order chi connectivity index (χ1) is 15.5. The van der Waals surface area contributed by atoms with Crippen molar-refractivity contribution in [2.45, 2.75) is 98.2 Å². The maximum absolute atomic E-state index is 11.0. The first-order valence-corrected chi connectivity index (χ1v) is 10.9. The van der Waals surface area contributed by atoms with E-state index < -0.39 is 105 Å². The van der Waals surface area contributed by atoms with Crippen LogP contribution in [-0.4, -0.2) is 146 Å². The molecule has 15 atom stereocenters. The van der Waals surface area contributed by atoms with Crippen molar-refractivity contribution in [3.8, 4) is 0 Å². The Bertz CT molecular complexity index is 582. The van der Waals surface area contributed by atoms with Crippen LogP contribution in [0.15, 0.2) is 0 Å². The molecular formula is C18H38N3O12+3. The standard InChI is InChI=1S/C18H35N3O12/c19-4-1-5(20)16(33-18-13(28)12(27)10(25)7(3-23)31-18)14(29)15(4)32-17-8(21)11(26)9(24)6(2-22)30-17/h4-18,22-29H,1-3,19-21H2/p+3/t4-,5+,6+,7+,8+,9+,10+,11+,12-,13+,14-,15+,16-,17+,18+/m0/s1. The van der Waals surface area contributed by atoms with Gasteiger partial charge in [-0.2, -0.15) is 0 Å². The summed E-state index contributed by atoms with van der Waals surface area (Å²) < 4.78 is 22.5. The fourth-order valence-corrected chi connectivity index (χ4v) is 4.55. The molecule has 2 heterocycles. The van der Waals surface area contributed by atoms with E-state index in [-0.39, 0.29) is 0 Å². The lowest BCUT2D eigenvalue weighted by Crippen LogP contribution is -2.84. The zero-order valence-corrected chi connectivity index (χ0v) is 18.1. The van der Waals surface area contributed by atoms with Gasteiger partial charge in [-0.3, -0.25) is 0 Å². The van der Waals surface area contributed by atoms with Gasteiger partial charge in [0.15, 0.2) is 12.3 Å². The van der Waals surface area contributed by atoms with E-state index in [2.05, 4.69) is 17.2 Å². The third-order valence-corrected chi connectivity index (χ3v) is 6.65. The SMILES string of the molecule is [NH3+][C@H]1[C@@H](O[C@H]2[C@H](O)[C@@H](O[C@H]3O[C@H](CO)[C@@H](O)[C@H](O)[C@H]3O)[C@H]([NH3+])C[C@@H]2[NH3+])O[C@H](CO)[C@@H](O)[C@@H]1O. The van der Waals surface area contributed by atoms with E-state index in [4.69, 9.17) is 18.9 Å². The van der Waals surface area contributed by atoms with Crippen LogP contribution < -0.4 is 17.2 Å². The molecule has 3 aliphatic rings. The van der Waals surface area contributed by atoms with Crippen molar-refractivity contribution in [1.82, 2.24) is 0 Å². The van der Waals surface area contributed by atoms with Gasteiger partial charge in [0, 0.05) is 0 Å². The lowest BCUT2D eigenvalue weighted by Gasteiger charge is -2.45. The van der Waals surface area contributed by atoms with Crippen molar-refractivity contribution < 1.29 is 77.0 Å². The Kier molecular flexibility index (Phi) is 8.99. The summed E-state index contributed by atoms with van der Waals surface area (Å²) in [7, 11) is 0. The van der Waals surface area contributed by atoms with E-state index >= 15 is 0 Å². The van der Waals surface area contributed by atoms with Gasteiger partial charge in [0.05, 0.1) is 19.6 Å². The topological polar surface area (TPSA) is 282 Å². The highest BCUT2D eigenvalue weighted by molar-refractivity contribution is 4.97. The van der Waals surface area contributed by atoms with Gasteiger partial charge in [0.25, 0.3) is 0 Å². The van der Waals surface area contributed by atoms with Gasteiger partial charge in [0.2, 0.25) is 6.29 Å². The van der Waals surface area contributed by atoms with E-state index in [1.54, 1.807) is 0 Å². The van der Waals surface area contributed by atoms with Gasteiger partial charge in [-0.05, 0) is 0 Å². The van der Waals surface area contributed by atoms with Crippen molar-refractivity contribution in [1.29, 1.82) is 0 Å². The van der Waals surface area contributed by atoms with Crippen molar-refractivity contribution in [2.75, 3.05) is 13.2 Å². The van der Waals surface area contributed by atoms with Crippen molar-refractivity contribution in [3.05, 3.63) is 0 Å². The normalized spacial score (nSPS) is 53.7. The third kappa shape index (κ3) is 5.32. The van der Waals surface area contributed by atoms with Crippen LogP contribution in [0, 0.1) is 0 Å². The minimum absolute atomic E-state index is 0.312. The molecule has 15 nitrogen and oxygen atoms in total. The molecule has 33 heavy (non-hydrogen) atoms. The highest BCUT2D eigenvalue weighted by Gasteiger charge is 2.54. The van der Waals surface area contributed by atoms with Gasteiger partial charge < -0.3 is 77.0 Å². The molecule has 2 aliphatic heterocycles. The number of quaternary nitrogens is 3. The fraction of sp³-hybridized carbons (Fsp3) is 1.00. The van der Waals surface area contributed by atoms with Gasteiger partial charge in [-0.25, -0.2) is 0 Å². The smallest absolute Gasteiger partial charge is 0.214 e. The molecule has 0 amide bonds. The van der Waals surface area contributed by atoms with Crippen LogP contribution in [0.5, 0.6) is 0 Å². The average molecular weight is 489 g/mol. The molecule has 17 N–H and O–H groups in total. The molecule has 1 aliphatic carbocycles. The van der Waals surface area contributed by atoms with Crippen LogP contribution in [0.25, 0.3) is 0 Å². The average Bonchev–Trinajstić information content (AvgIpc) is 2.79. The van der Waals surface area contributed by atoms with Crippen LogP contribution >= 0.6 is 0 Å². The van der Waals surface area contributed by atoms with E-state index in [1.807, 2.05) is 0 Å². The number of ether oxygens (including phenoxy) is 4. The molecule has 0 spiro atoms. The Hall–Kier alpha value is -0.600. The van der Waals surface area contributed by atoms with E-state index in [9.17, 15) is 40.9 Å². The second kappa shape index (κ2) is 11.0. The van der Waals surface area contributed by atoms with Gasteiger partial charge in [-0.1, -0.05) is 0 Å². The second-order valence-electron chi connectivity index (χ2n) is 9.02. The summed E-state index contributed by atoms with van der Waals surface area (Å²) in [6, 6.07) is -1.97.